The second-order valence-electron chi connectivity index (χ2n) is 3.93. The van der Waals surface area contributed by atoms with Crippen LogP contribution in [0.1, 0.15) is 0 Å². The lowest BCUT2D eigenvalue weighted by atomic mass is 10.1. The Balaban J connectivity index is 2.32. The van der Waals surface area contributed by atoms with Crippen molar-refractivity contribution < 1.29 is 0 Å². The van der Waals surface area contributed by atoms with Crippen molar-refractivity contribution in [3.05, 3.63) is 48.8 Å². The summed E-state index contributed by atoms with van der Waals surface area (Å²) in [6, 6.07) is 12.0. The molecule has 2 aromatic heterocycles. The van der Waals surface area contributed by atoms with Crippen molar-refractivity contribution in [3.8, 4) is 11.3 Å². The monoisotopic (exact) mass is 236 g/mol. The van der Waals surface area contributed by atoms with E-state index < -0.39 is 0 Å². The summed E-state index contributed by atoms with van der Waals surface area (Å²) in [5, 5.41) is 13.7. The van der Waals surface area contributed by atoms with E-state index in [1.165, 1.54) is 0 Å². The first-order valence-corrected chi connectivity index (χ1v) is 5.73. The van der Waals surface area contributed by atoms with Crippen molar-refractivity contribution in [2.45, 2.75) is 0 Å². The van der Waals surface area contributed by atoms with E-state index in [9.17, 15) is 0 Å². The largest absolute Gasteiger partial charge is 0.371 e. The molecular weight excluding hydrogens is 224 g/mol. The Bertz CT molecular complexity index is 680. The van der Waals surface area contributed by atoms with Gasteiger partial charge in [0.1, 0.15) is 5.69 Å². The highest BCUT2D eigenvalue weighted by Gasteiger charge is 2.09. The molecule has 0 spiro atoms. The fourth-order valence-electron chi connectivity index (χ4n) is 2.00. The highest BCUT2D eigenvalue weighted by molar-refractivity contribution is 5.99. The Morgan fingerprint density at radius 3 is 2.50 bits per heavy atom. The second kappa shape index (κ2) is 4.41. The molecular formula is C14H12N4. The van der Waals surface area contributed by atoms with Gasteiger partial charge < -0.3 is 5.32 Å². The molecule has 0 aliphatic rings. The predicted octanol–water partition coefficient (Wildman–Crippen LogP) is 2.73. The van der Waals surface area contributed by atoms with E-state index in [0.29, 0.717) is 0 Å². The average molecular weight is 236 g/mol. The van der Waals surface area contributed by atoms with E-state index in [1.54, 1.807) is 12.4 Å². The lowest BCUT2D eigenvalue weighted by Gasteiger charge is -2.08. The average Bonchev–Trinajstić information content (AvgIpc) is 2.47. The van der Waals surface area contributed by atoms with Gasteiger partial charge in [-0.15, -0.1) is 10.2 Å². The minimum Gasteiger partial charge on any atom is -0.371 e. The summed E-state index contributed by atoms with van der Waals surface area (Å²) in [5.41, 5.74) is 1.83. The first kappa shape index (κ1) is 10.7. The number of hydrogen-bond acceptors (Lipinski definition) is 4. The zero-order valence-electron chi connectivity index (χ0n) is 9.96. The summed E-state index contributed by atoms with van der Waals surface area (Å²) in [6.45, 7) is 0. The quantitative estimate of drug-likeness (QED) is 0.743. The van der Waals surface area contributed by atoms with Crippen LogP contribution in [-0.2, 0) is 0 Å². The summed E-state index contributed by atoms with van der Waals surface area (Å²) in [5.74, 6) is 0.790. The number of nitrogens with one attached hydrogen (secondary N) is 1. The van der Waals surface area contributed by atoms with E-state index >= 15 is 0 Å². The van der Waals surface area contributed by atoms with Crippen molar-refractivity contribution in [1.29, 1.82) is 0 Å². The van der Waals surface area contributed by atoms with Gasteiger partial charge in [0.05, 0.1) is 0 Å². The summed E-state index contributed by atoms with van der Waals surface area (Å²) in [4.78, 5) is 4.13. The molecule has 88 valence electrons. The van der Waals surface area contributed by atoms with Crippen LogP contribution in [-0.4, -0.2) is 22.2 Å². The van der Waals surface area contributed by atoms with E-state index in [2.05, 4.69) is 20.5 Å². The molecule has 3 aromatic rings. The maximum absolute atomic E-state index is 4.30. The Morgan fingerprint density at radius 2 is 1.78 bits per heavy atom. The SMILES string of the molecule is CNc1nnc(-c2cccnc2)c2ccccc12. The lowest BCUT2D eigenvalue weighted by Crippen LogP contribution is -1.98. The predicted molar refractivity (Wildman–Crippen MR) is 72.3 cm³/mol. The van der Waals surface area contributed by atoms with Crippen LogP contribution >= 0.6 is 0 Å². The van der Waals surface area contributed by atoms with Gasteiger partial charge in [0, 0.05) is 35.8 Å². The Kier molecular flexibility index (Phi) is 2.61. The topological polar surface area (TPSA) is 50.7 Å². The van der Waals surface area contributed by atoms with Gasteiger partial charge in [-0.25, -0.2) is 0 Å². The molecule has 0 fully saturated rings. The van der Waals surface area contributed by atoms with Gasteiger partial charge in [-0.3, -0.25) is 4.98 Å². The molecule has 4 heteroatoms. The third-order valence-corrected chi connectivity index (χ3v) is 2.86. The normalized spacial score (nSPS) is 10.5. The van der Waals surface area contributed by atoms with Crippen LogP contribution in [0.15, 0.2) is 48.8 Å². The van der Waals surface area contributed by atoms with Gasteiger partial charge in [0.2, 0.25) is 0 Å². The Hall–Kier alpha value is -2.49. The molecule has 0 aliphatic carbocycles. The van der Waals surface area contributed by atoms with Crippen molar-refractivity contribution in [2.75, 3.05) is 12.4 Å². The fourth-order valence-corrected chi connectivity index (χ4v) is 2.00. The van der Waals surface area contributed by atoms with Crippen molar-refractivity contribution >= 4 is 16.6 Å². The molecule has 0 atom stereocenters. The molecule has 0 unspecified atom stereocenters. The third kappa shape index (κ3) is 1.68. The van der Waals surface area contributed by atoms with Crippen LogP contribution in [0, 0.1) is 0 Å². The number of benzene rings is 1. The second-order valence-corrected chi connectivity index (χ2v) is 3.93. The lowest BCUT2D eigenvalue weighted by molar-refractivity contribution is 1.05. The maximum atomic E-state index is 4.30. The highest BCUT2D eigenvalue weighted by Crippen LogP contribution is 2.28. The summed E-state index contributed by atoms with van der Waals surface area (Å²) < 4.78 is 0. The minimum absolute atomic E-state index is 0.790. The van der Waals surface area contributed by atoms with E-state index in [-0.39, 0.29) is 0 Å². The molecule has 0 amide bonds. The number of nitrogens with zero attached hydrogens (tertiary/aromatic N) is 3. The van der Waals surface area contributed by atoms with Crippen molar-refractivity contribution in [3.63, 3.8) is 0 Å². The number of fused-ring (bicyclic) bond motifs is 1. The van der Waals surface area contributed by atoms with Gasteiger partial charge in [-0.1, -0.05) is 24.3 Å². The molecule has 0 saturated heterocycles. The van der Waals surface area contributed by atoms with Crippen molar-refractivity contribution in [2.24, 2.45) is 0 Å². The summed E-state index contributed by atoms with van der Waals surface area (Å²) in [6.07, 6.45) is 3.55. The van der Waals surface area contributed by atoms with E-state index in [0.717, 1.165) is 27.8 Å². The van der Waals surface area contributed by atoms with Gasteiger partial charge >= 0.3 is 0 Å². The first-order chi connectivity index (χ1) is 8.90. The molecule has 0 saturated carbocycles. The first-order valence-electron chi connectivity index (χ1n) is 5.73. The fraction of sp³-hybridized carbons (Fsp3) is 0.0714. The van der Waals surface area contributed by atoms with E-state index in [4.69, 9.17) is 0 Å². The number of hydrogen-bond donors (Lipinski definition) is 1. The number of pyridine rings is 1. The Labute approximate surface area is 105 Å². The van der Waals surface area contributed by atoms with Crippen LogP contribution in [0.2, 0.25) is 0 Å². The van der Waals surface area contributed by atoms with Gasteiger partial charge in [-0.2, -0.15) is 0 Å². The summed E-state index contributed by atoms with van der Waals surface area (Å²) in [7, 11) is 1.85. The molecule has 3 rings (SSSR count). The molecule has 4 nitrogen and oxygen atoms in total. The van der Waals surface area contributed by atoms with Crippen LogP contribution < -0.4 is 5.32 Å². The molecule has 2 heterocycles. The van der Waals surface area contributed by atoms with Gasteiger partial charge in [0.25, 0.3) is 0 Å². The standard InChI is InChI=1S/C14H12N4/c1-15-14-12-7-3-2-6-11(12)13(17-18-14)10-5-4-8-16-9-10/h2-9H,1H3,(H,15,18). The van der Waals surface area contributed by atoms with Crippen LogP contribution in [0.25, 0.3) is 22.0 Å². The smallest absolute Gasteiger partial charge is 0.156 e. The molecule has 0 bridgehead atoms. The number of aromatic nitrogens is 3. The van der Waals surface area contributed by atoms with E-state index in [1.807, 2.05) is 43.4 Å². The number of rotatable bonds is 2. The molecule has 0 radical (unpaired) electrons. The van der Waals surface area contributed by atoms with Gasteiger partial charge in [-0.05, 0) is 12.1 Å². The molecule has 1 N–H and O–H groups in total. The minimum atomic E-state index is 0.790. The maximum Gasteiger partial charge on any atom is 0.156 e. The third-order valence-electron chi connectivity index (χ3n) is 2.86. The molecule has 0 aliphatic heterocycles. The van der Waals surface area contributed by atoms with Crippen molar-refractivity contribution in [1.82, 2.24) is 15.2 Å². The highest BCUT2D eigenvalue weighted by atomic mass is 15.2. The molecule has 1 aromatic carbocycles. The van der Waals surface area contributed by atoms with Crippen LogP contribution in [0.4, 0.5) is 5.82 Å². The Morgan fingerprint density at radius 1 is 0.944 bits per heavy atom. The number of anilines is 1. The zero-order chi connectivity index (χ0) is 12.4. The van der Waals surface area contributed by atoms with Gasteiger partial charge in [0.15, 0.2) is 5.82 Å². The molecule has 18 heavy (non-hydrogen) atoms. The zero-order valence-corrected chi connectivity index (χ0v) is 9.96. The van der Waals surface area contributed by atoms with Crippen LogP contribution in [0.5, 0.6) is 0 Å². The van der Waals surface area contributed by atoms with Crippen LogP contribution in [0.3, 0.4) is 0 Å². The summed E-state index contributed by atoms with van der Waals surface area (Å²) >= 11 is 0.